The van der Waals surface area contributed by atoms with Crippen LogP contribution in [0.2, 0.25) is 0 Å². The zero-order valence-corrected chi connectivity index (χ0v) is 25.1. The van der Waals surface area contributed by atoms with Gasteiger partial charge in [0.25, 0.3) is 5.56 Å². The molecule has 0 radical (unpaired) electrons. The maximum absolute atomic E-state index is 14.0. The molecule has 0 aliphatic carbocycles. The molecular weight excluding hydrogens is 567 g/mol. The van der Waals surface area contributed by atoms with E-state index >= 15 is 0 Å². The molecule has 2 aromatic carbocycles. The van der Waals surface area contributed by atoms with Crippen LogP contribution in [-0.2, 0) is 33.8 Å². The standard InChI is InChI=1S/C32H35FN6O5/c1-36(2)30(41)13-9-8-12-28(44-32(43)37(3)4)27(40)16-23-18-34-21-38(31(23)42)20-29-35-25-17-24(33)14-15-26(25)39(29)19-22-10-6-5-7-11-22/h5-7,9-11,13-15,17-18,21,28H,8,12,16,19-20H2,1-4H3/b13-9+/t28-/m0/s1. The Balaban J connectivity index is 1.57. The normalized spacial score (nSPS) is 11.9. The van der Waals surface area contributed by atoms with E-state index in [1.54, 1.807) is 26.2 Å². The molecule has 2 aromatic heterocycles. The van der Waals surface area contributed by atoms with Crippen molar-refractivity contribution in [3.63, 3.8) is 0 Å². The molecule has 4 aromatic rings. The molecule has 0 fully saturated rings. The van der Waals surface area contributed by atoms with Crippen LogP contribution in [0.1, 0.15) is 29.8 Å². The van der Waals surface area contributed by atoms with Crippen molar-refractivity contribution in [1.29, 1.82) is 0 Å². The lowest BCUT2D eigenvalue weighted by molar-refractivity contribution is -0.127. The van der Waals surface area contributed by atoms with Crippen molar-refractivity contribution >= 4 is 28.8 Å². The van der Waals surface area contributed by atoms with Crippen LogP contribution in [0, 0.1) is 5.82 Å². The third-order valence-corrected chi connectivity index (χ3v) is 6.89. The van der Waals surface area contributed by atoms with Crippen LogP contribution in [0.4, 0.5) is 9.18 Å². The van der Waals surface area contributed by atoms with Gasteiger partial charge in [-0.3, -0.25) is 19.0 Å². The van der Waals surface area contributed by atoms with E-state index in [0.29, 0.717) is 29.8 Å². The van der Waals surface area contributed by atoms with Crippen molar-refractivity contribution in [3.05, 3.63) is 106 Å². The molecule has 0 spiro atoms. The zero-order valence-electron chi connectivity index (χ0n) is 25.1. The number of imidazole rings is 1. The number of nitrogens with zero attached hydrogens (tertiary/aromatic N) is 6. The smallest absolute Gasteiger partial charge is 0.409 e. The summed E-state index contributed by atoms with van der Waals surface area (Å²) in [5.74, 6) is -0.594. The third-order valence-electron chi connectivity index (χ3n) is 6.89. The number of ketones is 1. The molecule has 230 valence electrons. The Morgan fingerprint density at radius 2 is 1.77 bits per heavy atom. The minimum absolute atomic E-state index is 0.0285. The molecule has 44 heavy (non-hydrogen) atoms. The minimum atomic E-state index is -1.14. The van der Waals surface area contributed by atoms with Gasteiger partial charge < -0.3 is 19.1 Å². The number of hydrogen-bond acceptors (Lipinski definition) is 7. The lowest BCUT2D eigenvalue weighted by Crippen LogP contribution is -2.35. The van der Waals surface area contributed by atoms with Gasteiger partial charge in [0.15, 0.2) is 11.9 Å². The summed E-state index contributed by atoms with van der Waals surface area (Å²) in [7, 11) is 6.24. The first-order valence-electron chi connectivity index (χ1n) is 14.0. The van der Waals surface area contributed by atoms with E-state index in [1.165, 1.54) is 59.2 Å². The van der Waals surface area contributed by atoms with Gasteiger partial charge in [-0.2, -0.15) is 0 Å². The van der Waals surface area contributed by atoms with Gasteiger partial charge in [0.05, 0.1) is 23.9 Å². The third kappa shape index (κ3) is 8.03. The van der Waals surface area contributed by atoms with Gasteiger partial charge >= 0.3 is 6.09 Å². The molecule has 2 heterocycles. The maximum Gasteiger partial charge on any atom is 0.409 e. The molecule has 2 amide bonds. The van der Waals surface area contributed by atoms with E-state index in [9.17, 15) is 23.6 Å². The number of allylic oxidation sites excluding steroid dienone is 1. The first-order chi connectivity index (χ1) is 21.0. The van der Waals surface area contributed by atoms with Crippen LogP contribution in [0.15, 0.2) is 78.0 Å². The predicted octanol–water partition coefficient (Wildman–Crippen LogP) is 3.43. The molecule has 0 aliphatic heterocycles. The van der Waals surface area contributed by atoms with Crippen molar-refractivity contribution in [1.82, 2.24) is 28.9 Å². The van der Waals surface area contributed by atoms with E-state index in [0.717, 1.165) is 5.56 Å². The zero-order chi connectivity index (χ0) is 31.8. The monoisotopic (exact) mass is 602 g/mol. The quantitative estimate of drug-likeness (QED) is 0.228. The van der Waals surface area contributed by atoms with E-state index < -0.39 is 29.4 Å². The van der Waals surface area contributed by atoms with E-state index in [1.807, 2.05) is 34.9 Å². The number of amides is 2. The summed E-state index contributed by atoms with van der Waals surface area (Å²) in [6, 6.07) is 14.1. The summed E-state index contributed by atoms with van der Waals surface area (Å²) in [4.78, 5) is 62.3. The summed E-state index contributed by atoms with van der Waals surface area (Å²) in [6.07, 6.45) is 3.95. The first kappa shape index (κ1) is 31.8. The van der Waals surface area contributed by atoms with Crippen LogP contribution in [0.25, 0.3) is 11.0 Å². The molecule has 1 atom stereocenters. The van der Waals surface area contributed by atoms with Crippen LogP contribution in [0.3, 0.4) is 0 Å². The SMILES string of the molecule is CN(C)C(=O)/C=C/CC[C@H](OC(=O)N(C)C)C(=O)Cc1cncn(Cc2nc3cc(F)ccc3n2Cc2ccccc2)c1=O. The molecular formula is C32H35FN6O5. The minimum Gasteiger partial charge on any atom is -0.438 e. The number of carbonyl (C=O) groups excluding carboxylic acids is 3. The highest BCUT2D eigenvalue weighted by atomic mass is 19.1. The van der Waals surface area contributed by atoms with Crippen molar-refractivity contribution in [2.45, 2.75) is 38.5 Å². The Hall–Kier alpha value is -5.13. The van der Waals surface area contributed by atoms with Gasteiger partial charge in [0.2, 0.25) is 5.91 Å². The van der Waals surface area contributed by atoms with Crippen molar-refractivity contribution in [2.75, 3.05) is 28.2 Å². The van der Waals surface area contributed by atoms with Gasteiger partial charge in [0, 0.05) is 59.0 Å². The number of halogens is 1. The molecule has 0 saturated heterocycles. The molecule has 0 unspecified atom stereocenters. The van der Waals surface area contributed by atoms with Gasteiger partial charge in [-0.1, -0.05) is 36.4 Å². The molecule has 0 bridgehead atoms. The fourth-order valence-corrected chi connectivity index (χ4v) is 4.49. The van der Waals surface area contributed by atoms with Gasteiger partial charge in [0.1, 0.15) is 11.6 Å². The Morgan fingerprint density at radius 1 is 1.02 bits per heavy atom. The van der Waals surface area contributed by atoms with Crippen LogP contribution < -0.4 is 5.56 Å². The summed E-state index contributed by atoms with van der Waals surface area (Å²) >= 11 is 0. The highest BCUT2D eigenvalue weighted by Gasteiger charge is 2.25. The van der Waals surface area contributed by atoms with Gasteiger partial charge in [-0.05, 0) is 36.6 Å². The molecule has 0 saturated carbocycles. The lowest BCUT2D eigenvalue weighted by atomic mass is 10.0. The maximum atomic E-state index is 14.0. The Kier molecular flexibility index (Phi) is 10.4. The Labute approximate surface area is 254 Å². The molecule has 12 heteroatoms. The van der Waals surface area contributed by atoms with Crippen LogP contribution in [-0.4, -0.2) is 81.0 Å². The fraction of sp³-hybridized carbons (Fsp3) is 0.312. The average Bonchev–Trinajstić information content (AvgIpc) is 3.31. The van der Waals surface area contributed by atoms with E-state index in [4.69, 9.17) is 4.74 Å². The highest BCUT2D eigenvalue weighted by Crippen LogP contribution is 2.20. The summed E-state index contributed by atoms with van der Waals surface area (Å²) in [5, 5.41) is 0. The predicted molar refractivity (Wildman–Crippen MR) is 163 cm³/mol. The van der Waals surface area contributed by atoms with Crippen molar-refractivity contribution < 1.29 is 23.5 Å². The lowest BCUT2D eigenvalue weighted by Gasteiger charge is -2.19. The number of hydrogen-bond donors (Lipinski definition) is 0. The number of benzene rings is 2. The summed E-state index contributed by atoms with van der Waals surface area (Å²) < 4.78 is 22.7. The molecule has 4 rings (SSSR count). The van der Waals surface area contributed by atoms with Crippen molar-refractivity contribution in [2.24, 2.45) is 0 Å². The molecule has 0 aliphatic rings. The Bertz CT molecular complexity index is 1730. The number of ether oxygens (including phenoxy) is 1. The number of carbonyl (C=O) groups is 3. The topological polar surface area (TPSA) is 120 Å². The van der Waals surface area contributed by atoms with Crippen molar-refractivity contribution in [3.8, 4) is 0 Å². The number of rotatable bonds is 12. The van der Waals surface area contributed by atoms with E-state index in [2.05, 4.69) is 9.97 Å². The second kappa shape index (κ2) is 14.4. The second-order valence-corrected chi connectivity index (χ2v) is 10.7. The van der Waals surface area contributed by atoms with Gasteiger partial charge in [-0.25, -0.2) is 19.2 Å². The largest absolute Gasteiger partial charge is 0.438 e. The average molecular weight is 603 g/mol. The first-order valence-corrected chi connectivity index (χ1v) is 14.0. The number of likely N-dealkylation sites (N-methyl/N-ethyl adjacent to an activating group) is 1. The number of Topliss-reactive ketones (excluding diaryl/α,β-unsaturated/α-hetero) is 1. The van der Waals surface area contributed by atoms with Crippen LogP contribution >= 0.6 is 0 Å². The second-order valence-electron chi connectivity index (χ2n) is 10.7. The Morgan fingerprint density at radius 3 is 2.48 bits per heavy atom. The van der Waals surface area contributed by atoms with Gasteiger partial charge in [-0.15, -0.1) is 0 Å². The fourth-order valence-electron chi connectivity index (χ4n) is 4.49. The van der Waals surface area contributed by atoms with Crippen LogP contribution in [0.5, 0.6) is 0 Å². The summed E-state index contributed by atoms with van der Waals surface area (Å²) in [5.41, 5.74) is 1.84. The number of fused-ring (bicyclic) bond motifs is 1. The summed E-state index contributed by atoms with van der Waals surface area (Å²) in [6.45, 7) is 0.479. The molecule has 11 nitrogen and oxygen atoms in total. The molecule has 0 N–H and O–H groups in total. The highest BCUT2D eigenvalue weighted by molar-refractivity contribution is 5.88. The van der Waals surface area contributed by atoms with E-state index in [-0.39, 0.29) is 30.9 Å². The number of aromatic nitrogens is 4.